The van der Waals surface area contributed by atoms with E-state index in [1.165, 1.54) is 0 Å². The Bertz CT molecular complexity index is 1030. The summed E-state index contributed by atoms with van der Waals surface area (Å²) in [6, 6.07) is 28.0. The first kappa shape index (κ1) is 23.7. The standard InChI is InChI=1S/C29H33N3O2/c1-23(30-17-19-31(20-18-30)28-15-13-27(14-16-28)24(2)33)29(34)32(21-25-9-5-3-6-10-25)22-26-11-7-4-8-12-26/h3-16,23H,17-22H2,1-2H3. The van der Waals surface area contributed by atoms with Crippen LogP contribution in [0.4, 0.5) is 5.69 Å². The van der Waals surface area contributed by atoms with Gasteiger partial charge in [0, 0.05) is 50.5 Å². The van der Waals surface area contributed by atoms with E-state index >= 15 is 0 Å². The van der Waals surface area contributed by atoms with Crippen molar-refractivity contribution in [2.24, 2.45) is 0 Å². The molecule has 0 N–H and O–H groups in total. The van der Waals surface area contributed by atoms with Crippen LogP contribution < -0.4 is 4.90 Å². The number of hydrogen-bond donors (Lipinski definition) is 0. The summed E-state index contributed by atoms with van der Waals surface area (Å²) in [5, 5.41) is 0. The quantitative estimate of drug-likeness (QED) is 0.465. The minimum absolute atomic E-state index is 0.0827. The number of hydrogen-bond acceptors (Lipinski definition) is 4. The minimum Gasteiger partial charge on any atom is -0.369 e. The molecule has 5 heteroatoms. The van der Waals surface area contributed by atoms with Crippen LogP contribution >= 0.6 is 0 Å². The molecule has 0 aromatic heterocycles. The molecule has 0 saturated carbocycles. The van der Waals surface area contributed by atoms with Crippen molar-refractivity contribution in [2.75, 3.05) is 31.1 Å². The predicted octanol–water partition coefficient (Wildman–Crippen LogP) is 4.63. The molecule has 4 rings (SSSR count). The Morgan fingerprint density at radius 1 is 0.765 bits per heavy atom. The van der Waals surface area contributed by atoms with Gasteiger partial charge in [0.05, 0.1) is 6.04 Å². The highest BCUT2D eigenvalue weighted by molar-refractivity contribution is 5.94. The van der Waals surface area contributed by atoms with Gasteiger partial charge in [-0.05, 0) is 49.2 Å². The second kappa shape index (κ2) is 11.1. The number of benzene rings is 3. The van der Waals surface area contributed by atoms with E-state index in [2.05, 4.69) is 34.1 Å². The summed E-state index contributed by atoms with van der Waals surface area (Å²) in [5.74, 6) is 0.242. The van der Waals surface area contributed by atoms with Gasteiger partial charge in [0.15, 0.2) is 5.78 Å². The van der Waals surface area contributed by atoms with Crippen molar-refractivity contribution in [3.05, 3.63) is 102 Å². The number of amides is 1. The number of nitrogens with zero attached hydrogens (tertiary/aromatic N) is 3. The zero-order valence-corrected chi connectivity index (χ0v) is 20.1. The van der Waals surface area contributed by atoms with Gasteiger partial charge in [0.25, 0.3) is 0 Å². The number of anilines is 1. The molecular weight excluding hydrogens is 422 g/mol. The molecule has 1 unspecified atom stereocenters. The Hall–Kier alpha value is -3.44. The molecule has 1 aliphatic heterocycles. The molecule has 34 heavy (non-hydrogen) atoms. The van der Waals surface area contributed by atoms with Crippen molar-refractivity contribution < 1.29 is 9.59 Å². The van der Waals surface area contributed by atoms with Gasteiger partial charge in [-0.1, -0.05) is 60.7 Å². The Kier molecular flexibility index (Phi) is 7.76. The van der Waals surface area contributed by atoms with E-state index in [0.29, 0.717) is 13.1 Å². The van der Waals surface area contributed by atoms with Gasteiger partial charge < -0.3 is 9.80 Å². The van der Waals surface area contributed by atoms with E-state index < -0.39 is 0 Å². The monoisotopic (exact) mass is 455 g/mol. The molecule has 0 bridgehead atoms. The van der Waals surface area contributed by atoms with Gasteiger partial charge in [0.2, 0.25) is 5.91 Å². The molecule has 1 heterocycles. The molecule has 5 nitrogen and oxygen atoms in total. The first-order valence-electron chi connectivity index (χ1n) is 12.0. The first-order valence-corrected chi connectivity index (χ1v) is 12.0. The number of piperazine rings is 1. The van der Waals surface area contributed by atoms with E-state index in [9.17, 15) is 9.59 Å². The second-order valence-corrected chi connectivity index (χ2v) is 8.97. The lowest BCUT2D eigenvalue weighted by molar-refractivity contribution is -0.137. The molecule has 3 aromatic rings. The van der Waals surface area contributed by atoms with Crippen LogP contribution in [0.25, 0.3) is 0 Å². The van der Waals surface area contributed by atoms with E-state index in [1.807, 2.05) is 72.5 Å². The molecule has 0 aliphatic carbocycles. The molecule has 1 aliphatic rings. The van der Waals surface area contributed by atoms with Crippen molar-refractivity contribution in [1.82, 2.24) is 9.80 Å². The second-order valence-electron chi connectivity index (χ2n) is 8.97. The summed E-state index contributed by atoms with van der Waals surface area (Å²) in [4.78, 5) is 31.8. The van der Waals surface area contributed by atoms with Gasteiger partial charge in [-0.3, -0.25) is 14.5 Å². The van der Waals surface area contributed by atoms with E-state index in [4.69, 9.17) is 0 Å². The summed E-state index contributed by atoms with van der Waals surface area (Å²) in [6.07, 6.45) is 0. The topological polar surface area (TPSA) is 43.9 Å². The van der Waals surface area contributed by atoms with Gasteiger partial charge in [-0.25, -0.2) is 0 Å². The maximum absolute atomic E-state index is 13.6. The van der Waals surface area contributed by atoms with E-state index in [0.717, 1.165) is 48.6 Å². The molecule has 0 radical (unpaired) electrons. The largest absolute Gasteiger partial charge is 0.369 e. The third kappa shape index (κ3) is 5.91. The van der Waals surface area contributed by atoms with Crippen LogP contribution in [-0.2, 0) is 17.9 Å². The lowest BCUT2D eigenvalue weighted by Gasteiger charge is -2.40. The van der Waals surface area contributed by atoms with Crippen LogP contribution in [-0.4, -0.2) is 53.7 Å². The Balaban J connectivity index is 1.41. The smallest absolute Gasteiger partial charge is 0.240 e. The van der Waals surface area contributed by atoms with Crippen LogP contribution in [0.15, 0.2) is 84.9 Å². The highest BCUT2D eigenvalue weighted by Crippen LogP contribution is 2.20. The van der Waals surface area contributed by atoms with Crippen molar-refractivity contribution in [3.63, 3.8) is 0 Å². The fraction of sp³-hybridized carbons (Fsp3) is 0.310. The zero-order chi connectivity index (χ0) is 23.9. The Morgan fingerprint density at radius 2 is 1.26 bits per heavy atom. The van der Waals surface area contributed by atoms with Crippen molar-refractivity contribution >= 4 is 17.4 Å². The van der Waals surface area contributed by atoms with Crippen LogP contribution in [0.3, 0.4) is 0 Å². The highest BCUT2D eigenvalue weighted by Gasteiger charge is 2.29. The van der Waals surface area contributed by atoms with Gasteiger partial charge in [-0.15, -0.1) is 0 Å². The summed E-state index contributed by atoms with van der Waals surface area (Å²) in [5.41, 5.74) is 4.13. The van der Waals surface area contributed by atoms with Crippen molar-refractivity contribution in [3.8, 4) is 0 Å². The molecule has 3 aromatic carbocycles. The maximum Gasteiger partial charge on any atom is 0.240 e. The number of ketones is 1. The molecule has 1 saturated heterocycles. The average Bonchev–Trinajstić information content (AvgIpc) is 2.89. The van der Waals surface area contributed by atoms with E-state index in [1.54, 1.807) is 6.92 Å². The van der Waals surface area contributed by atoms with Crippen molar-refractivity contribution in [1.29, 1.82) is 0 Å². The van der Waals surface area contributed by atoms with Crippen molar-refractivity contribution in [2.45, 2.75) is 33.0 Å². The summed E-state index contributed by atoms with van der Waals surface area (Å²) < 4.78 is 0. The van der Waals surface area contributed by atoms with Gasteiger partial charge in [-0.2, -0.15) is 0 Å². The lowest BCUT2D eigenvalue weighted by Crippen LogP contribution is -2.54. The van der Waals surface area contributed by atoms with Crippen LogP contribution in [0, 0.1) is 0 Å². The molecule has 1 atom stereocenters. The molecule has 1 fully saturated rings. The first-order chi connectivity index (χ1) is 16.5. The van der Waals surface area contributed by atoms with Crippen LogP contribution in [0.2, 0.25) is 0 Å². The van der Waals surface area contributed by atoms with E-state index in [-0.39, 0.29) is 17.7 Å². The summed E-state index contributed by atoms with van der Waals surface area (Å²) >= 11 is 0. The average molecular weight is 456 g/mol. The third-order valence-corrected chi connectivity index (χ3v) is 6.60. The zero-order valence-electron chi connectivity index (χ0n) is 20.1. The highest BCUT2D eigenvalue weighted by atomic mass is 16.2. The van der Waals surface area contributed by atoms with Crippen LogP contribution in [0.1, 0.15) is 35.3 Å². The van der Waals surface area contributed by atoms with Gasteiger partial charge in [0.1, 0.15) is 0 Å². The number of rotatable bonds is 8. The maximum atomic E-state index is 13.6. The number of Topliss-reactive ketones (excluding diaryl/α,β-unsaturated/α-hetero) is 1. The predicted molar refractivity (Wildman–Crippen MR) is 137 cm³/mol. The summed E-state index contributed by atoms with van der Waals surface area (Å²) in [7, 11) is 0. The lowest BCUT2D eigenvalue weighted by atomic mass is 10.1. The van der Waals surface area contributed by atoms with Gasteiger partial charge >= 0.3 is 0 Å². The molecule has 176 valence electrons. The molecule has 1 amide bonds. The fourth-order valence-electron chi connectivity index (χ4n) is 4.51. The fourth-order valence-corrected chi connectivity index (χ4v) is 4.51. The number of carbonyl (C=O) groups is 2. The molecular formula is C29H33N3O2. The Morgan fingerprint density at radius 3 is 1.74 bits per heavy atom. The summed E-state index contributed by atoms with van der Waals surface area (Å²) in [6.45, 7) is 8.18. The van der Waals surface area contributed by atoms with Crippen LogP contribution in [0.5, 0.6) is 0 Å². The Labute approximate surface area is 202 Å². The third-order valence-electron chi connectivity index (χ3n) is 6.60. The SMILES string of the molecule is CC(=O)c1ccc(N2CCN(C(C)C(=O)N(Cc3ccccc3)Cc3ccccc3)CC2)cc1. The minimum atomic E-state index is -0.185. The molecule has 0 spiro atoms. The normalized spacial score (nSPS) is 15.1. The number of carbonyl (C=O) groups excluding carboxylic acids is 2.